The molecule has 1 aliphatic carbocycles. The van der Waals surface area contributed by atoms with E-state index in [2.05, 4.69) is 22.3 Å². The Morgan fingerprint density at radius 3 is 2.86 bits per heavy atom. The number of fused-ring (bicyclic) bond motifs is 4. The second-order valence-electron chi connectivity index (χ2n) is 6.46. The van der Waals surface area contributed by atoms with Gasteiger partial charge in [-0.15, -0.1) is 5.10 Å². The van der Waals surface area contributed by atoms with E-state index < -0.39 is 0 Å². The lowest BCUT2D eigenvalue weighted by Crippen LogP contribution is -2.52. The van der Waals surface area contributed by atoms with E-state index in [0.29, 0.717) is 33.6 Å². The van der Waals surface area contributed by atoms with E-state index in [4.69, 9.17) is 17.3 Å². The minimum Gasteiger partial charge on any atom is -0.397 e. The van der Waals surface area contributed by atoms with Gasteiger partial charge in [0, 0.05) is 12.6 Å². The molecule has 22 heavy (non-hydrogen) atoms. The highest BCUT2D eigenvalue weighted by Crippen LogP contribution is 2.40. The summed E-state index contributed by atoms with van der Waals surface area (Å²) in [5.41, 5.74) is 6.57. The van der Waals surface area contributed by atoms with Crippen LogP contribution < -0.4 is 11.3 Å². The molecule has 3 aliphatic rings. The van der Waals surface area contributed by atoms with Crippen molar-refractivity contribution in [1.82, 2.24) is 19.9 Å². The molecule has 7 heteroatoms. The average molecular weight is 320 g/mol. The zero-order valence-electron chi connectivity index (χ0n) is 12.4. The van der Waals surface area contributed by atoms with E-state index in [-0.39, 0.29) is 11.6 Å². The van der Waals surface area contributed by atoms with Gasteiger partial charge in [-0.1, -0.05) is 16.8 Å². The molecule has 116 valence electrons. The van der Waals surface area contributed by atoms with Crippen molar-refractivity contribution in [2.75, 3.05) is 19.3 Å². The van der Waals surface area contributed by atoms with Gasteiger partial charge >= 0.3 is 0 Å². The first-order valence-electron chi connectivity index (χ1n) is 7.59. The minimum atomic E-state index is -0.118. The van der Waals surface area contributed by atoms with Crippen LogP contribution in [-0.2, 0) is 0 Å². The Labute approximate surface area is 132 Å². The smallest absolute Gasteiger partial charge is 0.277 e. The lowest BCUT2D eigenvalue weighted by Gasteiger charge is -2.47. The van der Waals surface area contributed by atoms with Crippen LogP contribution in [0.3, 0.4) is 0 Å². The number of hydrogen-bond donors (Lipinski definition) is 1. The molecule has 2 saturated heterocycles. The molecule has 2 aromatic rings. The van der Waals surface area contributed by atoms with Gasteiger partial charge in [0.05, 0.1) is 22.1 Å². The van der Waals surface area contributed by atoms with Crippen molar-refractivity contribution in [3.63, 3.8) is 0 Å². The fourth-order valence-corrected chi connectivity index (χ4v) is 4.09. The van der Waals surface area contributed by atoms with Gasteiger partial charge in [0.2, 0.25) is 0 Å². The topological polar surface area (TPSA) is 77.0 Å². The van der Waals surface area contributed by atoms with Crippen LogP contribution in [0.15, 0.2) is 16.9 Å². The van der Waals surface area contributed by atoms with Crippen LogP contribution in [-0.4, -0.2) is 39.5 Å². The number of nitrogens with two attached hydrogens (primary N) is 1. The highest BCUT2D eigenvalue weighted by Gasteiger charge is 2.40. The van der Waals surface area contributed by atoms with Crippen LogP contribution in [0, 0.1) is 5.92 Å². The molecule has 0 spiro atoms. The van der Waals surface area contributed by atoms with Crippen LogP contribution in [0.25, 0.3) is 10.9 Å². The van der Waals surface area contributed by atoms with E-state index in [0.717, 1.165) is 19.4 Å². The number of piperidine rings is 2. The number of aromatic nitrogens is 3. The van der Waals surface area contributed by atoms with Crippen LogP contribution in [0.2, 0.25) is 5.02 Å². The van der Waals surface area contributed by atoms with Crippen LogP contribution in [0.4, 0.5) is 5.69 Å². The minimum absolute atomic E-state index is 0.118. The molecule has 3 unspecified atom stereocenters. The number of hydrogen-bond acceptors (Lipinski definition) is 5. The van der Waals surface area contributed by atoms with Gasteiger partial charge in [-0.05, 0) is 44.4 Å². The molecule has 0 amide bonds. The van der Waals surface area contributed by atoms with E-state index >= 15 is 0 Å². The summed E-state index contributed by atoms with van der Waals surface area (Å²) in [6.07, 6.45) is 3.31. The van der Waals surface area contributed by atoms with Gasteiger partial charge in [0.1, 0.15) is 5.52 Å². The summed E-state index contributed by atoms with van der Waals surface area (Å²) >= 11 is 6.05. The van der Waals surface area contributed by atoms with Crippen LogP contribution in [0.1, 0.15) is 25.3 Å². The van der Waals surface area contributed by atoms with Crippen molar-refractivity contribution in [2.24, 2.45) is 5.92 Å². The van der Waals surface area contributed by atoms with Crippen molar-refractivity contribution in [3.05, 3.63) is 27.5 Å². The van der Waals surface area contributed by atoms with Crippen molar-refractivity contribution in [3.8, 4) is 0 Å². The summed E-state index contributed by atoms with van der Waals surface area (Å²) in [4.78, 5) is 15.2. The molecule has 3 heterocycles. The van der Waals surface area contributed by atoms with Gasteiger partial charge in [-0.25, -0.2) is 4.68 Å². The summed E-state index contributed by atoms with van der Waals surface area (Å²) in [7, 11) is 2.16. The van der Waals surface area contributed by atoms with Gasteiger partial charge in [0.15, 0.2) is 0 Å². The van der Waals surface area contributed by atoms with Crippen molar-refractivity contribution >= 4 is 28.2 Å². The Morgan fingerprint density at radius 1 is 1.36 bits per heavy atom. The lowest BCUT2D eigenvalue weighted by atomic mass is 9.76. The molecule has 2 N–H and O–H groups in total. The molecule has 2 bridgehead atoms. The summed E-state index contributed by atoms with van der Waals surface area (Å²) < 4.78 is 1.57. The first kappa shape index (κ1) is 14.0. The number of nitrogen functional groups attached to an aromatic ring is 1. The third-order valence-electron chi connectivity index (χ3n) is 5.19. The number of rotatable bonds is 1. The predicted octanol–water partition coefficient (Wildman–Crippen LogP) is 1.68. The molecule has 6 nitrogen and oxygen atoms in total. The SMILES string of the molecule is CN1CC2CCC1CC2n1nnc2cc(N)c(Cl)cc2c1=O. The van der Waals surface area contributed by atoms with Crippen molar-refractivity contribution < 1.29 is 0 Å². The maximum Gasteiger partial charge on any atom is 0.277 e. The first-order chi connectivity index (χ1) is 10.5. The summed E-state index contributed by atoms with van der Waals surface area (Å²) in [5.74, 6) is 0.462. The molecule has 2 aliphatic heterocycles. The van der Waals surface area contributed by atoms with Gasteiger partial charge in [0.25, 0.3) is 5.56 Å². The molecule has 0 radical (unpaired) electrons. The monoisotopic (exact) mass is 319 g/mol. The Morgan fingerprint density at radius 2 is 2.18 bits per heavy atom. The van der Waals surface area contributed by atoms with Gasteiger partial charge in [-0.2, -0.15) is 0 Å². The summed E-state index contributed by atoms with van der Waals surface area (Å²) in [6.45, 7) is 1.02. The molecular formula is C15H18ClN5O. The summed E-state index contributed by atoms with van der Waals surface area (Å²) in [6, 6.07) is 3.88. The molecule has 3 fully saturated rings. The van der Waals surface area contributed by atoms with Gasteiger partial charge < -0.3 is 10.6 Å². The normalized spacial score (nSPS) is 28.4. The van der Waals surface area contributed by atoms with Crippen molar-refractivity contribution in [2.45, 2.75) is 31.3 Å². The molecule has 1 aromatic heterocycles. The standard InChI is InChI=1S/C15H18ClN5O/c1-20-7-8-2-3-9(20)4-14(8)21-15(22)10-5-11(16)12(17)6-13(10)18-19-21/h5-6,8-9,14H,2-4,7,17H2,1H3. The third-order valence-corrected chi connectivity index (χ3v) is 5.52. The molecule has 3 atom stereocenters. The Bertz CT molecular complexity index is 804. The molecule has 5 rings (SSSR count). The number of benzene rings is 1. The Kier molecular flexibility index (Phi) is 3.13. The first-order valence-corrected chi connectivity index (χ1v) is 7.97. The quantitative estimate of drug-likeness (QED) is 0.809. The molecule has 1 saturated carbocycles. The fraction of sp³-hybridized carbons (Fsp3) is 0.533. The van der Waals surface area contributed by atoms with Crippen LogP contribution in [0.5, 0.6) is 0 Å². The van der Waals surface area contributed by atoms with E-state index in [1.165, 1.54) is 6.42 Å². The zero-order chi connectivity index (χ0) is 15.4. The summed E-state index contributed by atoms with van der Waals surface area (Å²) in [5, 5.41) is 9.24. The van der Waals surface area contributed by atoms with Crippen LogP contribution >= 0.6 is 11.6 Å². The predicted molar refractivity (Wildman–Crippen MR) is 86.0 cm³/mol. The average Bonchev–Trinajstić information content (AvgIpc) is 2.50. The zero-order valence-corrected chi connectivity index (χ0v) is 13.1. The highest BCUT2D eigenvalue weighted by molar-refractivity contribution is 6.33. The maximum atomic E-state index is 12.8. The lowest BCUT2D eigenvalue weighted by molar-refractivity contribution is 0.0216. The fourth-order valence-electron chi connectivity index (χ4n) is 3.93. The number of nitrogens with zero attached hydrogens (tertiary/aromatic N) is 4. The highest BCUT2D eigenvalue weighted by atomic mass is 35.5. The van der Waals surface area contributed by atoms with E-state index in [1.807, 2.05) is 0 Å². The Balaban J connectivity index is 1.82. The Hall–Kier alpha value is -1.66. The van der Waals surface area contributed by atoms with Gasteiger partial charge in [-0.3, -0.25) is 4.79 Å². The maximum absolute atomic E-state index is 12.8. The third kappa shape index (κ3) is 2.01. The van der Waals surface area contributed by atoms with E-state index in [9.17, 15) is 4.79 Å². The second-order valence-corrected chi connectivity index (χ2v) is 6.87. The largest absolute Gasteiger partial charge is 0.397 e. The van der Waals surface area contributed by atoms with E-state index in [1.54, 1.807) is 16.8 Å². The number of anilines is 1. The number of halogens is 1. The van der Waals surface area contributed by atoms with Crippen molar-refractivity contribution in [1.29, 1.82) is 0 Å². The molecule has 1 aromatic carbocycles. The molecular weight excluding hydrogens is 302 g/mol. The second kappa shape index (κ2) is 4.93.